The Morgan fingerprint density at radius 1 is 1.06 bits per heavy atom. The number of sulfonamides is 1. The summed E-state index contributed by atoms with van der Waals surface area (Å²) >= 11 is 11.5. The lowest BCUT2D eigenvalue weighted by Gasteiger charge is -2.07. The summed E-state index contributed by atoms with van der Waals surface area (Å²) in [6, 6.07) is 10.8. The molecule has 94 valence electrons. The molecule has 0 fully saturated rings. The van der Waals surface area contributed by atoms with Gasteiger partial charge in [-0.1, -0.05) is 41.4 Å². The number of benzene rings is 1. The fourth-order valence-electron chi connectivity index (χ4n) is 1.31. The zero-order valence-electron chi connectivity index (χ0n) is 8.97. The van der Waals surface area contributed by atoms with Gasteiger partial charge in [-0.05, 0) is 18.2 Å². The van der Waals surface area contributed by atoms with Gasteiger partial charge < -0.3 is 0 Å². The minimum absolute atomic E-state index is 0.0800. The number of nitrogens with zero attached hydrogens (tertiary/aromatic N) is 1. The Kier molecular flexibility index (Phi) is 3.75. The lowest BCUT2D eigenvalue weighted by atomic mass is 10.4. The predicted molar refractivity (Wildman–Crippen MR) is 71.5 cm³/mol. The molecular formula is C11H8Cl2N2O2S. The van der Waals surface area contributed by atoms with Crippen molar-refractivity contribution in [3.8, 4) is 0 Å². The van der Waals surface area contributed by atoms with Gasteiger partial charge in [0, 0.05) is 11.1 Å². The molecule has 0 radical (unpaired) electrons. The topological polar surface area (TPSA) is 59.1 Å². The number of pyridine rings is 1. The minimum atomic E-state index is -3.68. The highest BCUT2D eigenvalue weighted by atomic mass is 35.5. The molecule has 2 aromatic rings. The Hall–Kier alpha value is -1.30. The summed E-state index contributed by atoms with van der Waals surface area (Å²) in [5.74, 6) is 0.0800. The summed E-state index contributed by atoms with van der Waals surface area (Å²) < 4.78 is 26.3. The molecule has 1 aromatic carbocycles. The first-order valence-corrected chi connectivity index (χ1v) is 7.12. The molecule has 0 aliphatic heterocycles. The average molecular weight is 303 g/mol. The number of hydrogen-bond acceptors (Lipinski definition) is 3. The van der Waals surface area contributed by atoms with E-state index >= 15 is 0 Å². The van der Waals surface area contributed by atoms with Crippen molar-refractivity contribution in [1.29, 1.82) is 0 Å². The molecule has 0 saturated heterocycles. The molecule has 0 spiro atoms. The maximum absolute atomic E-state index is 12.0. The van der Waals surface area contributed by atoms with Crippen molar-refractivity contribution >= 4 is 39.0 Å². The molecule has 4 nitrogen and oxygen atoms in total. The maximum Gasteiger partial charge on any atom is 0.263 e. The van der Waals surface area contributed by atoms with Crippen LogP contribution in [-0.2, 0) is 10.0 Å². The Morgan fingerprint density at radius 3 is 2.33 bits per heavy atom. The highest BCUT2D eigenvalue weighted by Gasteiger charge is 2.14. The molecule has 0 amide bonds. The molecular weight excluding hydrogens is 295 g/mol. The third-order valence-electron chi connectivity index (χ3n) is 2.05. The highest BCUT2D eigenvalue weighted by Crippen LogP contribution is 2.21. The number of rotatable bonds is 3. The highest BCUT2D eigenvalue weighted by molar-refractivity contribution is 7.92. The van der Waals surface area contributed by atoms with Gasteiger partial charge in [0.1, 0.15) is 11.0 Å². The number of hydrogen-bond donors (Lipinski definition) is 1. The van der Waals surface area contributed by atoms with Crippen LogP contribution in [0.3, 0.4) is 0 Å². The van der Waals surface area contributed by atoms with Crippen LogP contribution >= 0.6 is 23.2 Å². The third kappa shape index (κ3) is 3.13. The van der Waals surface area contributed by atoms with Gasteiger partial charge in [-0.25, -0.2) is 13.4 Å². The summed E-state index contributed by atoms with van der Waals surface area (Å²) in [5, 5.41) is 0.425. The molecule has 0 aliphatic rings. The Labute approximate surface area is 115 Å². The number of anilines is 1. The van der Waals surface area contributed by atoms with E-state index in [4.69, 9.17) is 23.2 Å². The first-order chi connectivity index (χ1) is 8.47. The van der Waals surface area contributed by atoms with E-state index in [1.165, 1.54) is 24.3 Å². The summed E-state index contributed by atoms with van der Waals surface area (Å²) in [6.45, 7) is 0. The fourth-order valence-corrected chi connectivity index (χ4v) is 2.80. The molecule has 18 heavy (non-hydrogen) atoms. The molecule has 0 saturated carbocycles. The molecule has 1 N–H and O–H groups in total. The van der Waals surface area contributed by atoms with Gasteiger partial charge in [-0.2, -0.15) is 0 Å². The Morgan fingerprint density at radius 2 is 1.72 bits per heavy atom. The van der Waals surface area contributed by atoms with Crippen LogP contribution in [0.25, 0.3) is 0 Å². The van der Waals surface area contributed by atoms with Gasteiger partial charge in [-0.15, -0.1) is 0 Å². The maximum atomic E-state index is 12.0. The second-order valence-electron chi connectivity index (χ2n) is 3.41. The molecule has 7 heteroatoms. The summed E-state index contributed by atoms with van der Waals surface area (Å²) in [5.41, 5.74) is 0. The van der Waals surface area contributed by atoms with Crippen molar-refractivity contribution in [3.63, 3.8) is 0 Å². The molecule has 0 unspecified atom stereocenters. The molecule has 0 atom stereocenters. The molecule has 0 aliphatic carbocycles. The largest absolute Gasteiger partial charge is 0.263 e. The van der Waals surface area contributed by atoms with Crippen molar-refractivity contribution in [2.45, 2.75) is 4.90 Å². The monoisotopic (exact) mass is 302 g/mol. The van der Waals surface area contributed by atoms with Gasteiger partial charge in [0.05, 0.1) is 4.90 Å². The molecule has 1 heterocycles. The van der Waals surface area contributed by atoms with Gasteiger partial charge in [0.15, 0.2) is 0 Å². The minimum Gasteiger partial charge on any atom is -0.263 e. The quantitative estimate of drug-likeness (QED) is 0.886. The van der Waals surface area contributed by atoms with Crippen LogP contribution in [0.15, 0.2) is 47.4 Å². The lowest BCUT2D eigenvalue weighted by Crippen LogP contribution is -2.13. The zero-order chi connectivity index (χ0) is 13.2. The van der Waals surface area contributed by atoms with Crippen LogP contribution in [0.1, 0.15) is 0 Å². The van der Waals surface area contributed by atoms with Crippen LogP contribution in [0, 0.1) is 0 Å². The predicted octanol–water partition coefficient (Wildman–Crippen LogP) is 3.19. The smallest absolute Gasteiger partial charge is 0.263 e. The van der Waals surface area contributed by atoms with E-state index in [0.717, 1.165) is 0 Å². The molecule has 2 rings (SSSR count). The second kappa shape index (κ2) is 5.14. The van der Waals surface area contributed by atoms with E-state index < -0.39 is 10.0 Å². The third-order valence-corrected chi connectivity index (χ3v) is 3.83. The van der Waals surface area contributed by atoms with E-state index in [1.807, 2.05) is 0 Å². The van der Waals surface area contributed by atoms with E-state index in [0.29, 0.717) is 5.02 Å². The standard InChI is InChI=1S/C11H8Cl2N2O2S/c12-8-6-10(13)14-11(7-8)15-18(16,17)9-4-2-1-3-5-9/h1-7H,(H,14,15). The van der Waals surface area contributed by atoms with Crippen LogP contribution in [-0.4, -0.2) is 13.4 Å². The fraction of sp³-hybridized carbons (Fsp3) is 0. The van der Waals surface area contributed by atoms with E-state index in [2.05, 4.69) is 9.71 Å². The first-order valence-electron chi connectivity index (χ1n) is 4.88. The van der Waals surface area contributed by atoms with Gasteiger partial charge in [0.25, 0.3) is 10.0 Å². The van der Waals surface area contributed by atoms with Crippen LogP contribution in [0.5, 0.6) is 0 Å². The van der Waals surface area contributed by atoms with Crippen LogP contribution in [0.4, 0.5) is 5.82 Å². The van der Waals surface area contributed by atoms with Gasteiger partial charge in [-0.3, -0.25) is 4.72 Å². The number of halogens is 2. The number of aromatic nitrogens is 1. The van der Waals surface area contributed by atoms with E-state index in [9.17, 15) is 8.42 Å². The molecule has 0 bridgehead atoms. The van der Waals surface area contributed by atoms with Crippen LogP contribution in [0.2, 0.25) is 10.2 Å². The summed E-state index contributed by atoms with van der Waals surface area (Å²) in [4.78, 5) is 3.98. The van der Waals surface area contributed by atoms with Crippen molar-refractivity contribution in [3.05, 3.63) is 52.6 Å². The Balaban J connectivity index is 2.34. The zero-order valence-corrected chi connectivity index (χ0v) is 11.3. The normalized spacial score (nSPS) is 11.2. The Bertz CT molecular complexity index is 640. The van der Waals surface area contributed by atoms with Crippen molar-refractivity contribution in [2.24, 2.45) is 0 Å². The van der Waals surface area contributed by atoms with E-state index in [1.54, 1.807) is 18.2 Å². The van der Waals surface area contributed by atoms with Gasteiger partial charge >= 0.3 is 0 Å². The SMILES string of the molecule is O=S(=O)(Nc1cc(Cl)cc(Cl)n1)c1ccccc1. The van der Waals surface area contributed by atoms with E-state index in [-0.39, 0.29) is 15.9 Å². The van der Waals surface area contributed by atoms with Crippen molar-refractivity contribution < 1.29 is 8.42 Å². The summed E-state index contributed by atoms with van der Waals surface area (Å²) in [6.07, 6.45) is 0. The van der Waals surface area contributed by atoms with Crippen molar-refractivity contribution in [1.82, 2.24) is 4.98 Å². The van der Waals surface area contributed by atoms with Crippen molar-refractivity contribution in [2.75, 3.05) is 4.72 Å². The van der Waals surface area contributed by atoms with Gasteiger partial charge in [0.2, 0.25) is 0 Å². The van der Waals surface area contributed by atoms with Crippen LogP contribution < -0.4 is 4.72 Å². The second-order valence-corrected chi connectivity index (χ2v) is 5.92. The lowest BCUT2D eigenvalue weighted by molar-refractivity contribution is 0.601. The summed E-state index contributed by atoms with van der Waals surface area (Å²) in [7, 11) is -3.68. The first kappa shape index (κ1) is 13.1. The molecule has 1 aromatic heterocycles. The average Bonchev–Trinajstić information content (AvgIpc) is 2.28. The number of nitrogens with one attached hydrogen (secondary N) is 1.